The molecule has 2 fully saturated rings. The smallest absolute Gasteiger partial charge is 0.245 e. The minimum absolute atomic E-state index is 0.0270. The van der Waals surface area contributed by atoms with E-state index in [1.54, 1.807) is 11.3 Å². The Labute approximate surface area is 248 Å². The highest BCUT2D eigenvalue weighted by Crippen LogP contribution is 2.23. The predicted octanol–water partition coefficient (Wildman–Crippen LogP) is 3.63. The number of rotatable bonds is 11. The molecule has 40 heavy (non-hydrogen) atoms. The number of amides is 2. The van der Waals surface area contributed by atoms with E-state index >= 15 is 0 Å². The maximum Gasteiger partial charge on any atom is 0.245 e. The summed E-state index contributed by atoms with van der Waals surface area (Å²) in [5.74, 6) is 0.332. The number of carbonyl (C=O) groups is 2. The molecule has 0 bridgehead atoms. The van der Waals surface area contributed by atoms with Crippen LogP contribution in [0, 0.1) is 5.92 Å². The molecule has 1 aromatic carbocycles. The van der Waals surface area contributed by atoms with E-state index in [0.717, 1.165) is 56.7 Å². The van der Waals surface area contributed by atoms with Crippen LogP contribution in [0.5, 0.6) is 0 Å². The average Bonchev–Trinajstić information content (AvgIpc) is 3.48. The van der Waals surface area contributed by atoms with Crippen LogP contribution < -0.4 is 11.1 Å². The summed E-state index contributed by atoms with van der Waals surface area (Å²) >= 11 is 7.65. The highest BCUT2D eigenvalue weighted by molar-refractivity contribution is 7.08. The van der Waals surface area contributed by atoms with Gasteiger partial charge in [0.05, 0.1) is 0 Å². The first-order chi connectivity index (χ1) is 19.2. The number of likely N-dealkylation sites (tertiary alicyclic amines) is 1. The molecular formula is C30H45ClN6O2S. The second-order valence-corrected chi connectivity index (χ2v) is 12.9. The third kappa shape index (κ3) is 8.74. The van der Waals surface area contributed by atoms with E-state index < -0.39 is 12.1 Å². The Hall–Kier alpha value is -2.01. The molecule has 2 saturated heterocycles. The number of benzene rings is 1. The number of thiophene rings is 1. The Morgan fingerprint density at radius 2 is 1.75 bits per heavy atom. The number of hydrogen-bond donors (Lipinski definition) is 2. The fraction of sp³-hybridized carbons (Fsp3) is 0.600. The molecule has 2 aliphatic heterocycles. The lowest BCUT2D eigenvalue weighted by molar-refractivity contribution is -0.140. The van der Waals surface area contributed by atoms with Crippen LogP contribution >= 0.6 is 22.9 Å². The SMILES string of the molecule is CC(C)CN(C1CCN(C(=O)[C@@H](Cc2ccc(Cl)cc2)NC(=O)CC(N)c2ccsc2)CC1)N1CCN(C)CC1. The van der Waals surface area contributed by atoms with Crippen molar-refractivity contribution in [3.8, 4) is 0 Å². The van der Waals surface area contributed by atoms with Gasteiger partial charge in [-0.25, -0.2) is 10.0 Å². The maximum absolute atomic E-state index is 13.8. The molecule has 4 rings (SSSR count). The van der Waals surface area contributed by atoms with Crippen molar-refractivity contribution >= 4 is 34.8 Å². The molecule has 2 aliphatic rings. The van der Waals surface area contributed by atoms with Crippen LogP contribution in [0.3, 0.4) is 0 Å². The van der Waals surface area contributed by atoms with Gasteiger partial charge in [-0.3, -0.25) is 9.59 Å². The Bertz CT molecular complexity index is 1070. The molecule has 0 spiro atoms. The highest BCUT2D eigenvalue weighted by atomic mass is 35.5. The summed E-state index contributed by atoms with van der Waals surface area (Å²) in [4.78, 5) is 31.2. The lowest BCUT2D eigenvalue weighted by Gasteiger charge is -2.47. The van der Waals surface area contributed by atoms with Gasteiger partial charge in [0.15, 0.2) is 0 Å². The third-order valence-corrected chi connectivity index (χ3v) is 8.91. The molecule has 2 aromatic rings. The maximum atomic E-state index is 13.8. The van der Waals surface area contributed by atoms with Gasteiger partial charge in [-0.1, -0.05) is 37.6 Å². The molecule has 220 valence electrons. The number of hydrogen-bond acceptors (Lipinski definition) is 7. The van der Waals surface area contributed by atoms with Crippen LogP contribution in [-0.2, 0) is 16.0 Å². The van der Waals surface area contributed by atoms with Crippen LogP contribution in [0.2, 0.25) is 5.02 Å². The molecule has 1 aromatic heterocycles. The van der Waals surface area contributed by atoms with Crippen LogP contribution in [0.1, 0.15) is 50.3 Å². The molecule has 2 atom stereocenters. The fourth-order valence-corrected chi connectivity index (χ4v) is 6.49. The lowest BCUT2D eigenvalue weighted by atomic mass is 9.99. The summed E-state index contributed by atoms with van der Waals surface area (Å²) in [6.45, 7) is 11.2. The number of piperidine rings is 1. The lowest BCUT2D eigenvalue weighted by Crippen LogP contribution is -2.60. The molecule has 0 radical (unpaired) electrons. The average molecular weight is 589 g/mol. The highest BCUT2D eigenvalue weighted by Gasteiger charge is 2.34. The van der Waals surface area contributed by atoms with Crippen molar-refractivity contribution in [2.75, 3.05) is 52.9 Å². The van der Waals surface area contributed by atoms with Gasteiger partial charge in [-0.05, 0) is 65.9 Å². The van der Waals surface area contributed by atoms with Gasteiger partial charge in [0.2, 0.25) is 11.8 Å². The van der Waals surface area contributed by atoms with Gasteiger partial charge in [-0.2, -0.15) is 11.3 Å². The van der Waals surface area contributed by atoms with E-state index in [0.29, 0.717) is 36.5 Å². The van der Waals surface area contributed by atoms with Gasteiger partial charge in [0, 0.05) is 75.8 Å². The first-order valence-corrected chi connectivity index (χ1v) is 15.8. The summed E-state index contributed by atoms with van der Waals surface area (Å²) in [5.41, 5.74) is 8.17. The zero-order valence-corrected chi connectivity index (χ0v) is 25.7. The van der Waals surface area contributed by atoms with E-state index in [2.05, 4.69) is 41.1 Å². The molecule has 0 aliphatic carbocycles. The number of piperazine rings is 1. The zero-order valence-electron chi connectivity index (χ0n) is 24.1. The number of hydrazine groups is 1. The number of nitrogens with two attached hydrogens (primary N) is 1. The van der Waals surface area contributed by atoms with E-state index in [1.807, 2.05) is 46.0 Å². The number of nitrogens with zero attached hydrogens (tertiary/aromatic N) is 4. The van der Waals surface area contributed by atoms with Crippen molar-refractivity contribution in [2.24, 2.45) is 11.7 Å². The van der Waals surface area contributed by atoms with Crippen LogP contribution in [0.25, 0.3) is 0 Å². The van der Waals surface area contributed by atoms with Gasteiger partial charge < -0.3 is 20.9 Å². The largest absolute Gasteiger partial charge is 0.344 e. The quantitative estimate of drug-likeness (QED) is 0.417. The Morgan fingerprint density at radius 1 is 1.07 bits per heavy atom. The first-order valence-electron chi connectivity index (χ1n) is 14.5. The number of carbonyl (C=O) groups excluding carboxylic acids is 2. The second kappa shape index (κ2) is 14.8. The first kappa shape index (κ1) is 30.9. The third-order valence-electron chi connectivity index (χ3n) is 7.96. The van der Waals surface area contributed by atoms with E-state index in [-0.39, 0.29) is 18.2 Å². The van der Waals surface area contributed by atoms with Crippen LogP contribution in [0.15, 0.2) is 41.1 Å². The van der Waals surface area contributed by atoms with Crippen LogP contribution in [0.4, 0.5) is 0 Å². The van der Waals surface area contributed by atoms with Crippen molar-refractivity contribution in [3.63, 3.8) is 0 Å². The Morgan fingerprint density at radius 3 is 2.35 bits per heavy atom. The molecule has 10 heteroatoms. The molecular weight excluding hydrogens is 544 g/mol. The standard InChI is InChI=1S/C30H45ClN6O2S/c1-22(2)20-37(36-15-13-34(3)14-16-36)26-8-11-35(12-9-26)30(39)28(18-23-4-6-25(31)7-5-23)33-29(38)19-27(32)24-10-17-40-21-24/h4-7,10,17,21-22,26-28H,8-9,11-16,18-20,32H2,1-3H3,(H,33,38)/t27?,28-/m1/s1. The summed E-state index contributed by atoms with van der Waals surface area (Å²) < 4.78 is 0. The van der Waals surface area contributed by atoms with Crippen molar-refractivity contribution in [3.05, 3.63) is 57.2 Å². The van der Waals surface area contributed by atoms with Gasteiger partial charge in [0.1, 0.15) is 6.04 Å². The van der Waals surface area contributed by atoms with Crippen molar-refractivity contribution in [1.82, 2.24) is 25.1 Å². The Kier molecular flexibility index (Phi) is 11.4. The van der Waals surface area contributed by atoms with Crippen LogP contribution in [-0.4, -0.2) is 96.6 Å². The number of halogens is 1. The predicted molar refractivity (Wildman–Crippen MR) is 163 cm³/mol. The van der Waals surface area contributed by atoms with E-state index in [4.69, 9.17) is 17.3 Å². The van der Waals surface area contributed by atoms with E-state index in [9.17, 15) is 9.59 Å². The van der Waals surface area contributed by atoms with E-state index in [1.165, 1.54) is 0 Å². The molecule has 1 unspecified atom stereocenters. The summed E-state index contributed by atoms with van der Waals surface area (Å²) in [6.07, 6.45) is 2.40. The summed E-state index contributed by atoms with van der Waals surface area (Å²) in [7, 11) is 2.18. The molecule has 3 heterocycles. The minimum atomic E-state index is -0.649. The Balaban J connectivity index is 1.40. The van der Waals surface area contributed by atoms with Crippen molar-refractivity contribution < 1.29 is 9.59 Å². The zero-order chi connectivity index (χ0) is 28.6. The topological polar surface area (TPSA) is 85.1 Å². The van der Waals surface area contributed by atoms with Gasteiger partial charge in [0.25, 0.3) is 0 Å². The summed E-state index contributed by atoms with van der Waals surface area (Å²) in [5, 5.41) is 12.7. The monoisotopic (exact) mass is 588 g/mol. The molecule has 3 N–H and O–H groups in total. The van der Waals surface area contributed by atoms with Gasteiger partial charge in [-0.15, -0.1) is 0 Å². The molecule has 8 nitrogen and oxygen atoms in total. The number of nitrogens with one attached hydrogen (secondary N) is 1. The normalized spacial score (nSPS) is 19.2. The van der Waals surface area contributed by atoms with Crippen molar-refractivity contribution in [2.45, 2.75) is 57.7 Å². The molecule has 0 saturated carbocycles. The fourth-order valence-electron chi connectivity index (χ4n) is 5.64. The minimum Gasteiger partial charge on any atom is -0.344 e. The second-order valence-electron chi connectivity index (χ2n) is 11.6. The number of likely N-dealkylation sites (N-methyl/N-ethyl adjacent to an activating group) is 1. The molecule has 2 amide bonds. The van der Waals surface area contributed by atoms with Gasteiger partial charge >= 0.3 is 0 Å². The summed E-state index contributed by atoms with van der Waals surface area (Å²) in [6, 6.07) is 8.78. The van der Waals surface area contributed by atoms with Crippen molar-refractivity contribution in [1.29, 1.82) is 0 Å².